The van der Waals surface area contributed by atoms with Crippen LogP contribution >= 0.6 is 0 Å². The normalized spacial score (nSPS) is 12.0. The molecule has 2 aromatic heterocycles. The van der Waals surface area contributed by atoms with Crippen molar-refractivity contribution in [2.24, 2.45) is 0 Å². The van der Waals surface area contributed by atoms with Gasteiger partial charge in [0.2, 0.25) is 0 Å². The molecule has 0 unspecified atom stereocenters. The molecule has 9 rings (SSSR count). The maximum absolute atomic E-state index is 6.19. The fourth-order valence-electron chi connectivity index (χ4n) is 6.58. The van der Waals surface area contributed by atoms with Crippen LogP contribution in [0.3, 0.4) is 0 Å². The largest absolute Gasteiger partial charge is 0.456 e. The summed E-state index contributed by atoms with van der Waals surface area (Å²) in [5.74, 6) is 0. The second-order valence-electron chi connectivity index (χ2n) is 10.6. The first-order valence-electron chi connectivity index (χ1n) is 13.7. The maximum Gasteiger partial charge on any atom is 0.136 e. The number of hydrogen-bond acceptors (Lipinski definition) is 1. The Kier molecular flexibility index (Phi) is 4.36. The van der Waals surface area contributed by atoms with E-state index in [1.807, 2.05) is 12.1 Å². The number of aromatic amines is 1. The summed E-state index contributed by atoms with van der Waals surface area (Å²) < 4.78 is 6.19. The average molecular weight is 510 g/mol. The van der Waals surface area contributed by atoms with Crippen LogP contribution in [-0.4, -0.2) is 4.98 Å². The van der Waals surface area contributed by atoms with Crippen LogP contribution in [-0.2, 0) is 0 Å². The molecular weight excluding hydrogens is 486 g/mol. The van der Waals surface area contributed by atoms with Crippen molar-refractivity contribution in [3.05, 3.63) is 133 Å². The van der Waals surface area contributed by atoms with E-state index in [1.54, 1.807) is 0 Å². The topological polar surface area (TPSA) is 28.9 Å². The van der Waals surface area contributed by atoms with Crippen LogP contribution in [0, 0.1) is 0 Å². The molecule has 0 atom stereocenters. The Morgan fingerprint density at radius 1 is 0.375 bits per heavy atom. The highest BCUT2D eigenvalue weighted by Gasteiger charge is 2.16. The van der Waals surface area contributed by atoms with Crippen LogP contribution in [0.4, 0.5) is 0 Å². The van der Waals surface area contributed by atoms with Crippen molar-refractivity contribution in [3.8, 4) is 22.3 Å². The molecule has 1 N–H and O–H groups in total. The zero-order valence-electron chi connectivity index (χ0n) is 21.6. The SMILES string of the molecule is c1cc(-c2ccc3c(c2)oc2ccccc23)cc(-c2cccc3c2[nH]c2c4ccccc4c4ccccc4c32)c1. The molecule has 0 bridgehead atoms. The molecule has 186 valence electrons. The summed E-state index contributed by atoms with van der Waals surface area (Å²) in [6.45, 7) is 0. The fourth-order valence-corrected chi connectivity index (χ4v) is 6.58. The van der Waals surface area contributed by atoms with E-state index >= 15 is 0 Å². The van der Waals surface area contributed by atoms with Crippen LogP contribution < -0.4 is 0 Å². The molecule has 0 spiro atoms. The van der Waals surface area contributed by atoms with E-state index in [2.05, 4.69) is 126 Å². The minimum Gasteiger partial charge on any atom is -0.456 e. The summed E-state index contributed by atoms with van der Waals surface area (Å²) in [6.07, 6.45) is 0. The molecule has 0 saturated heterocycles. The van der Waals surface area contributed by atoms with E-state index in [0.29, 0.717) is 0 Å². The smallest absolute Gasteiger partial charge is 0.136 e. The lowest BCUT2D eigenvalue weighted by Gasteiger charge is -2.08. The number of aromatic nitrogens is 1. The highest BCUT2D eigenvalue weighted by atomic mass is 16.3. The van der Waals surface area contributed by atoms with E-state index < -0.39 is 0 Å². The third-order valence-electron chi connectivity index (χ3n) is 8.40. The van der Waals surface area contributed by atoms with Gasteiger partial charge in [-0.05, 0) is 57.1 Å². The minimum absolute atomic E-state index is 0.917. The Balaban J connectivity index is 1.27. The van der Waals surface area contributed by atoms with Crippen LogP contribution in [0.15, 0.2) is 138 Å². The molecule has 0 aliphatic carbocycles. The second kappa shape index (κ2) is 8.08. The molecule has 2 nitrogen and oxygen atoms in total. The quantitative estimate of drug-likeness (QED) is 0.231. The number of hydrogen-bond donors (Lipinski definition) is 1. The fraction of sp³-hybridized carbons (Fsp3) is 0. The lowest BCUT2D eigenvalue weighted by atomic mass is 9.95. The Hall–Kier alpha value is -5.34. The molecule has 0 amide bonds. The summed E-state index contributed by atoms with van der Waals surface area (Å²) >= 11 is 0. The van der Waals surface area contributed by atoms with E-state index in [9.17, 15) is 0 Å². The molecular formula is C38H23NO. The Bertz CT molecular complexity index is 2440. The molecule has 2 heteroatoms. The minimum atomic E-state index is 0.917. The van der Waals surface area contributed by atoms with Gasteiger partial charge in [0.05, 0.1) is 11.0 Å². The monoisotopic (exact) mass is 509 g/mol. The molecule has 2 heterocycles. The van der Waals surface area contributed by atoms with Gasteiger partial charge in [-0.25, -0.2) is 0 Å². The average Bonchev–Trinajstić information content (AvgIpc) is 3.60. The highest BCUT2D eigenvalue weighted by molar-refractivity contribution is 6.32. The maximum atomic E-state index is 6.19. The molecule has 0 aliphatic rings. The lowest BCUT2D eigenvalue weighted by Crippen LogP contribution is -1.83. The first-order valence-corrected chi connectivity index (χ1v) is 13.7. The molecule has 0 fully saturated rings. The molecule has 7 aromatic carbocycles. The van der Waals surface area contributed by atoms with Crippen LogP contribution in [0.2, 0.25) is 0 Å². The molecule has 0 radical (unpaired) electrons. The van der Waals surface area contributed by atoms with Gasteiger partial charge in [-0.3, -0.25) is 0 Å². The van der Waals surface area contributed by atoms with E-state index in [0.717, 1.165) is 27.5 Å². The summed E-state index contributed by atoms with van der Waals surface area (Å²) in [4.78, 5) is 3.86. The summed E-state index contributed by atoms with van der Waals surface area (Å²) in [5.41, 5.74) is 8.92. The molecule has 0 aliphatic heterocycles. The Morgan fingerprint density at radius 2 is 1.00 bits per heavy atom. The second-order valence-corrected chi connectivity index (χ2v) is 10.6. The zero-order chi connectivity index (χ0) is 26.2. The predicted octanol–water partition coefficient (Wildman–Crippen LogP) is 10.9. The number of rotatable bonds is 2. The van der Waals surface area contributed by atoms with Crippen LogP contribution in [0.1, 0.15) is 0 Å². The number of para-hydroxylation sites is 2. The molecule has 0 saturated carbocycles. The van der Waals surface area contributed by atoms with Gasteiger partial charge in [-0.1, -0.05) is 109 Å². The van der Waals surface area contributed by atoms with Gasteiger partial charge in [-0.2, -0.15) is 0 Å². The van der Waals surface area contributed by atoms with Crippen molar-refractivity contribution < 1.29 is 4.42 Å². The Morgan fingerprint density at radius 3 is 1.88 bits per heavy atom. The molecule has 40 heavy (non-hydrogen) atoms. The third kappa shape index (κ3) is 2.99. The lowest BCUT2D eigenvalue weighted by molar-refractivity contribution is 0.669. The van der Waals surface area contributed by atoms with Crippen molar-refractivity contribution in [2.45, 2.75) is 0 Å². The van der Waals surface area contributed by atoms with Crippen molar-refractivity contribution in [1.29, 1.82) is 0 Å². The van der Waals surface area contributed by atoms with Gasteiger partial charge < -0.3 is 9.40 Å². The Labute approximate surface area is 230 Å². The van der Waals surface area contributed by atoms with Gasteiger partial charge in [0.15, 0.2) is 0 Å². The number of fused-ring (bicyclic) bond motifs is 11. The predicted molar refractivity (Wildman–Crippen MR) is 169 cm³/mol. The van der Waals surface area contributed by atoms with E-state index in [4.69, 9.17) is 4.42 Å². The number of furan rings is 1. The first kappa shape index (κ1) is 21.6. The van der Waals surface area contributed by atoms with Gasteiger partial charge in [0, 0.05) is 32.5 Å². The van der Waals surface area contributed by atoms with Gasteiger partial charge in [0.25, 0.3) is 0 Å². The summed E-state index contributed by atoms with van der Waals surface area (Å²) in [7, 11) is 0. The summed E-state index contributed by atoms with van der Waals surface area (Å²) in [5, 5.41) is 9.96. The van der Waals surface area contributed by atoms with Gasteiger partial charge >= 0.3 is 0 Å². The van der Waals surface area contributed by atoms with E-state index in [1.165, 1.54) is 60.0 Å². The van der Waals surface area contributed by atoms with Gasteiger partial charge in [-0.15, -0.1) is 0 Å². The van der Waals surface area contributed by atoms with Crippen LogP contribution in [0.25, 0.3) is 87.5 Å². The number of nitrogens with one attached hydrogen (secondary N) is 1. The first-order chi connectivity index (χ1) is 19.8. The van der Waals surface area contributed by atoms with Crippen molar-refractivity contribution in [1.82, 2.24) is 4.98 Å². The number of H-pyrrole nitrogens is 1. The third-order valence-corrected chi connectivity index (χ3v) is 8.40. The van der Waals surface area contributed by atoms with Crippen molar-refractivity contribution in [2.75, 3.05) is 0 Å². The summed E-state index contributed by atoms with van der Waals surface area (Å²) in [6, 6.07) is 47.7. The van der Waals surface area contributed by atoms with E-state index in [-0.39, 0.29) is 0 Å². The highest BCUT2D eigenvalue weighted by Crippen LogP contribution is 2.42. The zero-order valence-corrected chi connectivity index (χ0v) is 21.6. The van der Waals surface area contributed by atoms with Crippen LogP contribution in [0.5, 0.6) is 0 Å². The van der Waals surface area contributed by atoms with Crippen molar-refractivity contribution >= 4 is 65.3 Å². The standard InChI is InChI=1S/C38H23NO/c1-3-14-31-27(11-1)28-12-2-4-15-32(28)38-36(31)33-17-8-16-26(37(33)39-38)25-10-7-9-23(21-25)24-19-20-30-29-13-5-6-18-34(29)40-35(30)22-24/h1-22,39H. The van der Waals surface area contributed by atoms with Gasteiger partial charge in [0.1, 0.15) is 11.2 Å². The number of benzene rings is 7. The molecule has 9 aromatic rings. The van der Waals surface area contributed by atoms with Crippen molar-refractivity contribution in [3.63, 3.8) is 0 Å².